The summed E-state index contributed by atoms with van der Waals surface area (Å²) >= 11 is 3.40. The maximum Gasteiger partial charge on any atom is 0.254 e. The first-order valence-electron chi connectivity index (χ1n) is 7.38. The highest BCUT2D eigenvalue weighted by Crippen LogP contribution is 2.20. The third-order valence-electron chi connectivity index (χ3n) is 3.23. The van der Waals surface area contributed by atoms with Gasteiger partial charge in [-0.05, 0) is 24.4 Å². The molecule has 2 aromatic heterocycles. The van der Waals surface area contributed by atoms with Gasteiger partial charge in [0.25, 0.3) is 5.56 Å². The maximum atomic E-state index is 12.3. The van der Waals surface area contributed by atoms with Gasteiger partial charge < -0.3 is 4.98 Å². The maximum absolute atomic E-state index is 12.3. The SMILES string of the molecule is CC.Cc1ncc(CC(=O)n2cc3ccc(Br)cc3c2)c(=O)[nH]1. The van der Waals surface area contributed by atoms with Gasteiger partial charge in [0.1, 0.15) is 5.82 Å². The molecule has 0 radical (unpaired) electrons. The Morgan fingerprint density at radius 3 is 2.65 bits per heavy atom. The fraction of sp³-hybridized carbons (Fsp3) is 0.235. The molecular formula is C17H18BrN3O2. The van der Waals surface area contributed by atoms with Crippen LogP contribution in [-0.4, -0.2) is 20.4 Å². The summed E-state index contributed by atoms with van der Waals surface area (Å²) < 4.78 is 2.47. The number of benzene rings is 1. The smallest absolute Gasteiger partial charge is 0.254 e. The average molecular weight is 376 g/mol. The number of rotatable bonds is 2. The number of hydrogen-bond acceptors (Lipinski definition) is 3. The van der Waals surface area contributed by atoms with Gasteiger partial charge in [-0.25, -0.2) is 4.98 Å². The molecule has 2 heterocycles. The fourth-order valence-corrected chi connectivity index (χ4v) is 2.53. The van der Waals surface area contributed by atoms with Crippen molar-refractivity contribution in [1.29, 1.82) is 0 Å². The van der Waals surface area contributed by atoms with Crippen LogP contribution >= 0.6 is 15.9 Å². The zero-order valence-electron chi connectivity index (χ0n) is 13.3. The van der Waals surface area contributed by atoms with Crippen LogP contribution in [0.15, 0.2) is 46.1 Å². The summed E-state index contributed by atoms with van der Waals surface area (Å²) in [4.78, 5) is 30.6. The molecule has 0 amide bonds. The molecule has 1 N–H and O–H groups in total. The molecule has 6 heteroatoms. The van der Waals surface area contributed by atoms with E-state index in [0.717, 1.165) is 15.2 Å². The lowest BCUT2D eigenvalue weighted by Crippen LogP contribution is -2.20. The van der Waals surface area contributed by atoms with Gasteiger partial charge in [-0.3, -0.25) is 14.2 Å². The van der Waals surface area contributed by atoms with Gasteiger partial charge in [0.15, 0.2) is 0 Å². The molecule has 0 saturated heterocycles. The third kappa shape index (κ3) is 3.96. The van der Waals surface area contributed by atoms with Crippen molar-refractivity contribution in [1.82, 2.24) is 14.5 Å². The van der Waals surface area contributed by atoms with E-state index in [0.29, 0.717) is 11.4 Å². The van der Waals surface area contributed by atoms with Gasteiger partial charge in [-0.2, -0.15) is 0 Å². The van der Waals surface area contributed by atoms with Crippen molar-refractivity contribution < 1.29 is 4.79 Å². The largest absolute Gasteiger partial charge is 0.311 e. The Hall–Kier alpha value is -2.21. The number of carbonyl (C=O) groups excluding carboxylic acids is 1. The molecule has 3 rings (SSSR count). The molecule has 0 bridgehead atoms. The summed E-state index contributed by atoms with van der Waals surface area (Å²) in [6, 6.07) is 5.80. The minimum Gasteiger partial charge on any atom is -0.311 e. The topological polar surface area (TPSA) is 67.8 Å². The van der Waals surface area contributed by atoms with Crippen molar-refractivity contribution in [3.63, 3.8) is 0 Å². The van der Waals surface area contributed by atoms with Crippen LogP contribution in [0.3, 0.4) is 0 Å². The number of aromatic nitrogens is 3. The number of H-pyrrole nitrogens is 1. The predicted octanol–water partition coefficient (Wildman–Crippen LogP) is 3.70. The average Bonchev–Trinajstić information content (AvgIpc) is 2.95. The Labute approximate surface area is 142 Å². The lowest BCUT2D eigenvalue weighted by Gasteiger charge is -2.01. The van der Waals surface area contributed by atoms with E-state index in [9.17, 15) is 9.59 Å². The number of carbonyl (C=O) groups is 1. The lowest BCUT2D eigenvalue weighted by atomic mass is 10.2. The summed E-state index contributed by atoms with van der Waals surface area (Å²) in [5.41, 5.74) is 0.0971. The molecular weight excluding hydrogens is 358 g/mol. The molecule has 0 saturated carbocycles. The van der Waals surface area contributed by atoms with E-state index in [-0.39, 0.29) is 17.9 Å². The number of aryl methyl sites for hydroxylation is 1. The van der Waals surface area contributed by atoms with Gasteiger partial charge in [0.2, 0.25) is 5.91 Å². The van der Waals surface area contributed by atoms with Gasteiger partial charge in [0, 0.05) is 34.0 Å². The van der Waals surface area contributed by atoms with E-state index in [1.807, 2.05) is 32.0 Å². The van der Waals surface area contributed by atoms with Crippen LogP contribution in [0.4, 0.5) is 0 Å². The quantitative estimate of drug-likeness (QED) is 0.742. The monoisotopic (exact) mass is 375 g/mol. The molecule has 23 heavy (non-hydrogen) atoms. The van der Waals surface area contributed by atoms with Gasteiger partial charge in [-0.1, -0.05) is 35.8 Å². The molecule has 0 aliphatic rings. The van der Waals surface area contributed by atoms with E-state index in [1.54, 1.807) is 19.3 Å². The molecule has 0 aliphatic carbocycles. The van der Waals surface area contributed by atoms with Crippen LogP contribution in [0.2, 0.25) is 0 Å². The van der Waals surface area contributed by atoms with Gasteiger partial charge >= 0.3 is 0 Å². The number of nitrogens with zero attached hydrogens (tertiary/aromatic N) is 2. The van der Waals surface area contributed by atoms with Crippen LogP contribution in [0, 0.1) is 6.92 Å². The van der Waals surface area contributed by atoms with Crippen molar-refractivity contribution in [2.24, 2.45) is 0 Å². The van der Waals surface area contributed by atoms with Crippen LogP contribution in [0.1, 0.15) is 30.0 Å². The fourth-order valence-electron chi connectivity index (χ4n) is 2.15. The second-order valence-corrected chi connectivity index (χ2v) is 5.75. The molecule has 5 nitrogen and oxygen atoms in total. The Bertz CT molecular complexity index is 896. The van der Waals surface area contributed by atoms with E-state index in [4.69, 9.17) is 0 Å². The van der Waals surface area contributed by atoms with E-state index in [1.165, 1.54) is 10.8 Å². The number of halogens is 1. The number of hydrogen-bond donors (Lipinski definition) is 1. The normalized spacial score (nSPS) is 10.3. The van der Waals surface area contributed by atoms with Crippen molar-refractivity contribution >= 4 is 32.6 Å². The standard InChI is InChI=1S/C15H12BrN3O2.C2H6/c1-9-17-6-11(15(21)18-9)5-14(20)19-7-10-2-3-13(16)4-12(10)8-19;1-2/h2-4,6-8H,5H2,1H3,(H,17,18,21);1-2H3. The van der Waals surface area contributed by atoms with Gasteiger partial charge in [-0.15, -0.1) is 0 Å². The summed E-state index contributed by atoms with van der Waals surface area (Å²) in [6.45, 7) is 5.70. The minimum absolute atomic E-state index is 0.0186. The molecule has 0 atom stereocenters. The molecule has 0 fully saturated rings. The number of nitrogens with one attached hydrogen (secondary N) is 1. The highest BCUT2D eigenvalue weighted by molar-refractivity contribution is 9.10. The van der Waals surface area contributed by atoms with Gasteiger partial charge in [0.05, 0.1) is 6.42 Å². The first-order chi connectivity index (χ1) is 11.0. The Morgan fingerprint density at radius 1 is 1.26 bits per heavy atom. The van der Waals surface area contributed by atoms with E-state index >= 15 is 0 Å². The highest BCUT2D eigenvalue weighted by Gasteiger charge is 2.11. The lowest BCUT2D eigenvalue weighted by molar-refractivity contribution is 0.0914. The zero-order chi connectivity index (χ0) is 17.0. The second kappa shape index (κ2) is 7.37. The predicted molar refractivity (Wildman–Crippen MR) is 94.9 cm³/mol. The third-order valence-corrected chi connectivity index (χ3v) is 3.73. The second-order valence-electron chi connectivity index (χ2n) is 4.83. The van der Waals surface area contributed by atoms with E-state index < -0.39 is 0 Å². The van der Waals surface area contributed by atoms with Crippen molar-refractivity contribution in [3.8, 4) is 0 Å². The molecule has 0 unspecified atom stereocenters. The van der Waals surface area contributed by atoms with Crippen LogP contribution in [-0.2, 0) is 6.42 Å². The molecule has 0 aliphatic heterocycles. The van der Waals surface area contributed by atoms with Crippen molar-refractivity contribution in [2.45, 2.75) is 27.2 Å². The minimum atomic E-state index is -0.268. The number of aromatic amines is 1. The first-order valence-corrected chi connectivity index (χ1v) is 8.17. The molecule has 1 aromatic carbocycles. The van der Waals surface area contributed by atoms with Crippen molar-refractivity contribution in [2.75, 3.05) is 0 Å². The molecule has 120 valence electrons. The molecule has 3 aromatic rings. The molecule has 0 spiro atoms. The number of fused-ring (bicyclic) bond motifs is 1. The zero-order valence-corrected chi connectivity index (χ0v) is 14.8. The summed E-state index contributed by atoms with van der Waals surface area (Å²) in [6.07, 6.45) is 4.99. The first kappa shape index (κ1) is 17.1. The van der Waals surface area contributed by atoms with Crippen LogP contribution < -0.4 is 5.56 Å². The van der Waals surface area contributed by atoms with Crippen LogP contribution in [0.5, 0.6) is 0 Å². The van der Waals surface area contributed by atoms with Crippen LogP contribution in [0.25, 0.3) is 10.8 Å². The Morgan fingerprint density at radius 2 is 1.96 bits per heavy atom. The Kier molecular flexibility index (Phi) is 5.50. The highest BCUT2D eigenvalue weighted by atomic mass is 79.9. The Balaban J connectivity index is 0.000000924. The van der Waals surface area contributed by atoms with E-state index in [2.05, 4.69) is 25.9 Å². The summed E-state index contributed by atoms with van der Waals surface area (Å²) in [5.74, 6) is 0.367. The van der Waals surface area contributed by atoms with Crippen molar-refractivity contribution in [3.05, 3.63) is 63.0 Å². The summed E-state index contributed by atoms with van der Waals surface area (Å²) in [5, 5.41) is 1.94. The summed E-state index contributed by atoms with van der Waals surface area (Å²) in [7, 11) is 0.